The van der Waals surface area contributed by atoms with Crippen LogP contribution in [0.25, 0.3) is 0 Å². The van der Waals surface area contributed by atoms with Gasteiger partial charge in [-0.15, -0.1) is 0 Å². The van der Waals surface area contributed by atoms with Crippen molar-refractivity contribution in [3.8, 4) is 0 Å². The Kier molecular flexibility index (Phi) is 9.42. The van der Waals surface area contributed by atoms with Crippen molar-refractivity contribution in [1.82, 2.24) is 15.5 Å². The average Bonchev–Trinajstić information content (AvgIpc) is 2.28. The van der Waals surface area contributed by atoms with Gasteiger partial charge in [-0.05, 0) is 19.4 Å². The summed E-state index contributed by atoms with van der Waals surface area (Å²) in [5.41, 5.74) is 0. The van der Waals surface area contributed by atoms with Crippen LogP contribution in [-0.4, -0.2) is 54.1 Å². The Morgan fingerprint density at radius 3 is 2.32 bits per heavy atom. The molecule has 0 aliphatic rings. The molecule has 7 heteroatoms. The minimum Gasteiger partial charge on any atom is -0.480 e. The first kappa shape index (κ1) is 17.4. The van der Waals surface area contributed by atoms with Gasteiger partial charge in [0.05, 0.1) is 13.1 Å². The van der Waals surface area contributed by atoms with E-state index in [4.69, 9.17) is 5.11 Å². The van der Waals surface area contributed by atoms with E-state index < -0.39 is 17.9 Å². The number of hydrogen-bond donors (Lipinski definition) is 3. The van der Waals surface area contributed by atoms with Crippen LogP contribution >= 0.6 is 0 Å². The van der Waals surface area contributed by atoms with E-state index in [1.807, 2.05) is 13.8 Å². The molecule has 0 radical (unpaired) electrons. The number of rotatable bonds is 9. The third-order valence-corrected chi connectivity index (χ3v) is 2.33. The van der Waals surface area contributed by atoms with Gasteiger partial charge in [0, 0.05) is 6.54 Å². The lowest BCUT2D eigenvalue weighted by Gasteiger charge is -2.18. The summed E-state index contributed by atoms with van der Waals surface area (Å²) in [6.07, 6.45) is 2.54. The summed E-state index contributed by atoms with van der Waals surface area (Å²) in [6.45, 7) is 4.60. The second-order valence-electron chi connectivity index (χ2n) is 4.26. The Bertz CT molecular complexity index is 307. The van der Waals surface area contributed by atoms with Crippen molar-refractivity contribution in [2.24, 2.45) is 0 Å². The number of amides is 3. The first-order chi connectivity index (χ1) is 8.99. The van der Waals surface area contributed by atoms with E-state index in [-0.39, 0.29) is 13.1 Å². The zero-order valence-electron chi connectivity index (χ0n) is 11.6. The summed E-state index contributed by atoms with van der Waals surface area (Å²) < 4.78 is 0. The number of urea groups is 1. The van der Waals surface area contributed by atoms with Crippen LogP contribution in [0.1, 0.15) is 33.1 Å². The van der Waals surface area contributed by atoms with Gasteiger partial charge >= 0.3 is 12.0 Å². The zero-order valence-corrected chi connectivity index (χ0v) is 11.6. The average molecular weight is 273 g/mol. The molecule has 0 aromatic rings. The smallest absolute Gasteiger partial charge is 0.321 e. The van der Waals surface area contributed by atoms with Crippen LogP contribution < -0.4 is 10.6 Å². The largest absolute Gasteiger partial charge is 0.480 e. The number of nitrogens with zero attached hydrogens (tertiary/aromatic N) is 1. The lowest BCUT2D eigenvalue weighted by molar-refractivity contribution is -0.138. The first-order valence-electron chi connectivity index (χ1n) is 6.51. The van der Waals surface area contributed by atoms with Gasteiger partial charge in [0.2, 0.25) is 5.91 Å². The fraction of sp³-hybridized carbons (Fsp3) is 0.750. The molecule has 7 nitrogen and oxygen atoms in total. The zero-order chi connectivity index (χ0) is 14.7. The standard InChI is InChI=1S/C12H23N3O4/c1-3-5-6-13-12(19)14-10(16)8-15(7-4-2)9-11(17)18/h3-9H2,1-2H3,(H,17,18)(H2,13,14,16,19). The number of carboxylic acid groups (broad SMARTS) is 1. The van der Waals surface area contributed by atoms with E-state index in [1.165, 1.54) is 4.90 Å². The maximum Gasteiger partial charge on any atom is 0.321 e. The van der Waals surface area contributed by atoms with Crippen LogP contribution in [-0.2, 0) is 9.59 Å². The number of carbonyl (C=O) groups is 3. The summed E-state index contributed by atoms with van der Waals surface area (Å²) in [5.74, 6) is -1.49. The van der Waals surface area contributed by atoms with E-state index in [0.29, 0.717) is 13.1 Å². The van der Waals surface area contributed by atoms with Crippen molar-refractivity contribution in [3.05, 3.63) is 0 Å². The first-order valence-corrected chi connectivity index (χ1v) is 6.51. The molecule has 0 saturated carbocycles. The Labute approximate surface area is 113 Å². The molecule has 0 aliphatic carbocycles. The van der Waals surface area contributed by atoms with Gasteiger partial charge < -0.3 is 10.4 Å². The summed E-state index contributed by atoms with van der Waals surface area (Å²) in [6, 6.07) is -0.537. The quantitative estimate of drug-likeness (QED) is 0.528. The summed E-state index contributed by atoms with van der Waals surface area (Å²) in [4.78, 5) is 35.0. The molecule has 0 rings (SSSR count). The van der Waals surface area contributed by atoms with Gasteiger partial charge in [-0.3, -0.25) is 19.8 Å². The highest BCUT2D eigenvalue weighted by atomic mass is 16.4. The second kappa shape index (κ2) is 10.3. The SMILES string of the molecule is CCCCNC(=O)NC(=O)CN(CCC)CC(=O)O. The van der Waals surface area contributed by atoms with Crippen molar-refractivity contribution < 1.29 is 19.5 Å². The van der Waals surface area contributed by atoms with Gasteiger partial charge in [-0.2, -0.15) is 0 Å². The van der Waals surface area contributed by atoms with Crippen LogP contribution in [0.5, 0.6) is 0 Å². The molecular weight excluding hydrogens is 250 g/mol. The maximum absolute atomic E-state index is 11.5. The highest BCUT2D eigenvalue weighted by Gasteiger charge is 2.14. The lowest BCUT2D eigenvalue weighted by Crippen LogP contribution is -2.45. The van der Waals surface area contributed by atoms with Crippen LogP contribution in [0.15, 0.2) is 0 Å². The summed E-state index contributed by atoms with van der Waals surface area (Å²) in [5, 5.41) is 13.4. The Hall–Kier alpha value is -1.63. The number of nitrogens with one attached hydrogen (secondary N) is 2. The van der Waals surface area contributed by atoms with Crippen molar-refractivity contribution in [2.75, 3.05) is 26.2 Å². The topological polar surface area (TPSA) is 98.7 Å². The molecule has 0 aromatic carbocycles. The monoisotopic (exact) mass is 273 g/mol. The summed E-state index contributed by atoms with van der Waals surface area (Å²) >= 11 is 0. The molecule has 0 heterocycles. The molecule has 0 saturated heterocycles. The Morgan fingerprint density at radius 1 is 1.11 bits per heavy atom. The van der Waals surface area contributed by atoms with E-state index in [9.17, 15) is 14.4 Å². The number of imide groups is 1. The van der Waals surface area contributed by atoms with Crippen molar-refractivity contribution in [1.29, 1.82) is 0 Å². The Balaban J connectivity index is 4.03. The molecule has 19 heavy (non-hydrogen) atoms. The number of hydrogen-bond acceptors (Lipinski definition) is 4. The molecule has 3 amide bonds. The number of carbonyl (C=O) groups excluding carboxylic acids is 2. The van der Waals surface area contributed by atoms with Crippen molar-refractivity contribution in [3.63, 3.8) is 0 Å². The minimum atomic E-state index is -0.992. The van der Waals surface area contributed by atoms with E-state index in [1.54, 1.807) is 0 Å². The maximum atomic E-state index is 11.5. The number of unbranched alkanes of at least 4 members (excludes halogenated alkanes) is 1. The number of carboxylic acids is 1. The van der Waals surface area contributed by atoms with E-state index >= 15 is 0 Å². The third-order valence-electron chi connectivity index (χ3n) is 2.33. The molecule has 0 atom stereocenters. The van der Waals surface area contributed by atoms with Crippen molar-refractivity contribution >= 4 is 17.9 Å². The number of aliphatic carboxylic acids is 1. The van der Waals surface area contributed by atoms with E-state index in [0.717, 1.165) is 19.3 Å². The second-order valence-corrected chi connectivity index (χ2v) is 4.26. The molecule has 0 aromatic heterocycles. The van der Waals surface area contributed by atoms with Gasteiger partial charge in [0.25, 0.3) is 0 Å². The highest BCUT2D eigenvalue weighted by Crippen LogP contribution is 1.91. The molecule has 0 bridgehead atoms. The summed E-state index contributed by atoms with van der Waals surface area (Å²) in [7, 11) is 0. The predicted octanol–water partition coefficient (Wildman–Crippen LogP) is 0.409. The lowest BCUT2D eigenvalue weighted by atomic mass is 10.3. The van der Waals surface area contributed by atoms with E-state index in [2.05, 4.69) is 10.6 Å². The van der Waals surface area contributed by atoms with Gasteiger partial charge in [0.15, 0.2) is 0 Å². The van der Waals surface area contributed by atoms with Gasteiger partial charge in [0.1, 0.15) is 0 Å². The molecular formula is C12H23N3O4. The van der Waals surface area contributed by atoms with Gasteiger partial charge in [-0.1, -0.05) is 20.3 Å². The molecule has 0 spiro atoms. The van der Waals surface area contributed by atoms with Crippen LogP contribution in [0, 0.1) is 0 Å². The molecule has 3 N–H and O–H groups in total. The molecule has 0 aliphatic heterocycles. The predicted molar refractivity (Wildman–Crippen MR) is 70.8 cm³/mol. The molecule has 110 valence electrons. The fourth-order valence-electron chi connectivity index (χ4n) is 1.51. The molecule has 0 fully saturated rings. The normalized spacial score (nSPS) is 10.3. The Morgan fingerprint density at radius 2 is 1.79 bits per heavy atom. The van der Waals surface area contributed by atoms with Crippen LogP contribution in [0.3, 0.4) is 0 Å². The molecule has 0 unspecified atom stereocenters. The van der Waals surface area contributed by atoms with Crippen LogP contribution in [0.4, 0.5) is 4.79 Å². The third kappa shape index (κ3) is 10.0. The highest BCUT2D eigenvalue weighted by molar-refractivity contribution is 5.95. The van der Waals surface area contributed by atoms with Crippen molar-refractivity contribution in [2.45, 2.75) is 33.1 Å². The van der Waals surface area contributed by atoms with Gasteiger partial charge in [-0.25, -0.2) is 4.79 Å². The fourth-order valence-corrected chi connectivity index (χ4v) is 1.51. The minimum absolute atomic E-state index is 0.0959. The van der Waals surface area contributed by atoms with Crippen LogP contribution in [0.2, 0.25) is 0 Å².